The first-order valence-electron chi connectivity index (χ1n) is 17.7. The van der Waals surface area contributed by atoms with E-state index in [9.17, 15) is 0 Å². The van der Waals surface area contributed by atoms with Gasteiger partial charge in [0.25, 0.3) is 0 Å². The van der Waals surface area contributed by atoms with E-state index < -0.39 is 18.1 Å². The van der Waals surface area contributed by atoms with Crippen LogP contribution in [0.3, 0.4) is 0 Å². The van der Waals surface area contributed by atoms with Crippen LogP contribution in [0.1, 0.15) is 31.8 Å². The van der Waals surface area contributed by atoms with Crippen LogP contribution in [-0.2, 0) is 5.41 Å². The Balaban J connectivity index is 1.24. The minimum absolute atomic E-state index is 0.0981. The van der Waals surface area contributed by atoms with E-state index in [1.807, 2.05) is 60.7 Å². The van der Waals surface area contributed by atoms with E-state index in [2.05, 4.69) is 56.3 Å². The van der Waals surface area contributed by atoms with Gasteiger partial charge in [-0.15, -0.1) is 0 Å². The van der Waals surface area contributed by atoms with Gasteiger partial charge in [0.2, 0.25) is 0 Å². The molecule has 6 aromatic carbocycles. The number of furan rings is 1. The lowest BCUT2D eigenvalue weighted by Gasteiger charge is -2.24. The highest BCUT2D eigenvalue weighted by molar-refractivity contribution is 6.10. The highest BCUT2D eigenvalue weighted by Crippen LogP contribution is 2.51. The largest absolute Gasteiger partial charge is 0.455 e. The molecular weight excluding hydrogens is 562 g/mol. The topological polar surface area (TPSA) is 51.8 Å². The van der Waals surface area contributed by atoms with Crippen molar-refractivity contribution in [2.24, 2.45) is 0 Å². The number of nitrogens with zero attached hydrogens (tertiary/aromatic N) is 3. The van der Waals surface area contributed by atoms with Gasteiger partial charge in [-0.1, -0.05) is 141 Å². The van der Waals surface area contributed by atoms with Crippen LogP contribution in [0.25, 0.3) is 78.4 Å². The molecule has 0 saturated heterocycles. The van der Waals surface area contributed by atoms with Crippen molar-refractivity contribution < 1.29 is 11.3 Å². The van der Waals surface area contributed by atoms with E-state index in [1.165, 1.54) is 22.3 Å². The Morgan fingerprint density at radius 2 is 1.22 bits per heavy atom. The van der Waals surface area contributed by atoms with Crippen LogP contribution in [0.5, 0.6) is 0 Å². The van der Waals surface area contributed by atoms with Crippen molar-refractivity contribution in [2.75, 3.05) is 0 Å². The molecule has 0 aliphatic heterocycles. The molecule has 0 saturated carbocycles. The Labute approximate surface area is 274 Å². The molecule has 4 nitrogen and oxygen atoms in total. The molecule has 4 heteroatoms. The standard InChI is InChI=1S/C42H29N3O/c1-42(2)35-22-10-9-17-30(35)32-19-12-21-34(37(32)42)41-44-39(27-15-7-4-8-16-27)43-40(45-41)28-23-24-31-33-20-11-18-29(26-13-5-3-6-14-26)38(33)46-36(31)25-28/h3-25H,1-2H3/i3D,5D,6D,13D,14D. The van der Waals surface area contributed by atoms with Crippen molar-refractivity contribution in [3.8, 4) is 56.4 Å². The first-order chi connectivity index (χ1) is 24.6. The van der Waals surface area contributed by atoms with Gasteiger partial charge < -0.3 is 4.42 Å². The SMILES string of the molecule is [2H]c1c([2H])c([2H])c(-c2cccc3c2oc2cc(-c4nc(-c5ccccc5)nc(-c5cccc6c5C(C)(C)c5ccccc5-6)n4)ccc23)c([2H])c1[2H]. The highest BCUT2D eigenvalue weighted by atomic mass is 16.3. The third-order valence-electron chi connectivity index (χ3n) is 9.01. The monoisotopic (exact) mass is 596 g/mol. The van der Waals surface area contributed by atoms with Crippen LogP contribution < -0.4 is 0 Å². The summed E-state index contributed by atoms with van der Waals surface area (Å²) in [5, 5.41) is 1.59. The van der Waals surface area contributed by atoms with Gasteiger partial charge in [0.1, 0.15) is 11.2 Å². The lowest BCUT2D eigenvalue weighted by Crippen LogP contribution is -2.17. The predicted octanol–water partition coefficient (Wildman–Crippen LogP) is 10.7. The number of benzene rings is 6. The molecule has 1 aliphatic rings. The number of aromatic nitrogens is 3. The lowest BCUT2D eigenvalue weighted by molar-refractivity contribution is 0.661. The second-order valence-corrected chi connectivity index (χ2v) is 12.1. The Morgan fingerprint density at radius 1 is 0.543 bits per heavy atom. The van der Waals surface area contributed by atoms with E-state index in [0.717, 1.165) is 27.5 Å². The fourth-order valence-corrected chi connectivity index (χ4v) is 6.89. The molecule has 0 N–H and O–H groups in total. The van der Waals surface area contributed by atoms with Crippen LogP contribution in [0, 0.1) is 0 Å². The maximum absolute atomic E-state index is 8.58. The number of para-hydroxylation sites is 1. The minimum Gasteiger partial charge on any atom is -0.455 e. The summed E-state index contributed by atoms with van der Waals surface area (Å²) < 4.78 is 48.1. The van der Waals surface area contributed by atoms with Crippen LogP contribution in [0.15, 0.2) is 144 Å². The zero-order valence-electron chi connectivity index (χ0n) is 30.1. The summed E-state index contributed by atoms with van der Waals surface area (Å²) in [7, 11) is 0. The molecule has 0 atom stereocenters. The summed E-state index contributed by atoms with van der Waals surface area (Å²) in [5.41, 5.74) is 8.62. The number of hydrogen-bond acceptors (Lipinski definition) is 4. The van der Waals surface area contributed by atoms with E-state index in [-0.39, 0.29) is 23.1 Å². The summed E-state index contributed by atoms with van der Waals surface area (Å²) >= 11 is 0. The van der Waals surface area contributed by atoms with Crippen molar-refractivity contribution in [3.05, 3.63) is 151 Å². The van der Waals surface area contributed by atoms with E-state index in [1.54, 1.807) is 6.07 Å². The Bertz CT molecular complexity index is 2710. The molecule has 0 fully saturated rings. The molecule has 0 bridgehead atoms. The van der Waals surface area contributed by atoms with Gasteiger partial charge >= 0.3 is 0 Å². The van der Waals surface area contributed by atoms with E-state index >= 15 is 0 Å². The molecule has 0 amide bonds. The second-order valence-electron chi connectivity index (χ2n) is 12.1. The molecule has 0 spiro atoms. The third-order valence-corrected chi connectivity index (χ3v) is 9.01. The van der Waals surface area contributed by atoms with Crippen LogP contribution in [-0.4, -0.2) is 15.0 Å². The number of hydrogen-bond donors (Lipinski definition) is 0. The first-order valence-corrected chi connectivity index (χ1v) is 15.2. The summed E-state index contributed by atoms with van der Waals surface area (Å²) in [4.78, 5) is 15.1. The van der Waals surface area contributed by atoms with Gasteiger partial charge in [-0.2, -0.15) is 0 Å². The van der Waals surface area contributed by atoms with Gasteiger partial charge in [-0.3, -0.25) is 0 Å². The molecule has 46 heavy (non-hydrogen) atoms. The van der Waals surface area contributed by atoms with E-state index in [0.29, 0.717) is 34.2 Å². The van der Waals surface area contributed by atoms with Gasteiger partial charge in [-0.25, -0.2) is 15.0 Å². The average molecular weight is 597 g/mol. The molecule has 9 rings (SSSR count). The van der Waals surface area contributed by atoms with Crippen molar-refractivity contribution in [1.82, 2.24) is 15.0 Å². The Hall–Kier alpha value is -5.87. The van der Waals surface area contributed by atoms with Gasteiger partial charge in [0.05, 0.1) is 6.85 Å². The lowest BCUT2D eigenvalue weighted by atomic mass is 9.80. The van der Waals surface area contributed by atoms with Crippen molar-refractivity contribution in [2.45, 2.75) is 19.3 Å². The molecule has 218 valence electrons. The van der Waals surface area contributed by atoms with Gasteiger partial charge in [0.15, 0.2) is 17.5 Å². The maximum atomic E-state index is 8.58. The normalized spacial score (nSPS) is 14.7. The maximum Gasteiger partial charge on any atom is 0.164 e. The molecule has 8 aromatic rings. The van der Waals surface area contributed by atoms with Gasteiger partial charge in [0, 0.05) is 38.4 Å². The summed E-state index contributed by atoms with van der Waals surface area (Å²) in [6, 6.07) is 34.2. The molecule has 0 unspecified atom stereocenters. The van der Waals surface area contributed by atoms with Crippen molar-refractivity contribution in [1.29, 1.82) is 0 Å². The van der Waals surface area contributed by atoms with Gasteiger partial charge in [-0.05, 0) is 39.9 Å². The molecule has 1 aliphatic carbocycles. The van der Waals surface area contributed by atoms with Crippen LogP contribution in [0.4, 0.5) is 0 Å². The summed E-state index contributed by atoms with van der Waals surface area (Å²) in [6.45, 7) is 4.49. The number of rotatable bonds is 4. The Kier molecular flexibility index (Phi) is 4.77. The predicted molar refractivity (Wildman–Crippen MR) is 186 cm³/mol. The minimum atomic E-state index is -0.435. The molecule has 2 aromatic heterocycles. The third kappa shape index (κ3) is 4.04. The molecule has 2 heterocycles. The van der Waals surface area contributed by atoms with Crippen molar-refractivity contribution in [3.63, 3.8) is 0 Å². The quantitative estimate of drug-likeness (QED) is 0.203. The fourth-order valence-electron chi connectivity index (χ4n) is 6.89. The fraction of sp³-hybridized carbons (Fsp3) is 0.0714. The molecular formula is C42H29N3O. The van der Waals surface area contributed by atoms with Crippen molar-refractivity contribution >= 4 is 21.9 Å². The van der Waals surface area contributed by atoms with E-state index in [4.69, 9.17) is 26.2 Å². The molecule has 0 radical (unpaired) electrons. The zero-order valence-corrected chi connectivity index (χ0v) is 25.1. The zero-order chi connectivity index (χ0) is 35.2. The van der Waals surface area contributed by atoms with Crippen LogP contribution in [0.2, 0.25) is 0 Å². The Morgan fingerprint density at radius 3 is 2.07 bits per heavy atom. The summed E-state index contributed by atoms with van der Waals surface area (Å²) in [6.07, 6.45) is 0. The summed E-state index contributed by atoms with van der Waals surface area (Å²) in [5.74, 6) is 1.61. The average Bonchev–Trinajstić information content (AvgIpc) is 3.65. The smallest absolute Gasteiger partial charge is 0.164 e. The number of fused-ring (bicyclic) bond motifs is 6. The first kappa shape index (κ1) is 21.8. The van der Waals surface area contributed by atoms with Crippen LogP contribution >= 0.6 is 0 Å². The highest BCUT2D eigenvalue weighted by Gasteiger charge is 2.38. The second kappa shape index (κ2) is 10.1.